The zero-order valence-electron chi connectivity index (χ0n) is 13.7. The van der Waals surface area contributed by atoms with Crippen LogP contribution in [0.25, 0.3) is 21.3 Å². The maximum atomic E-state index is 12.7. The molecule has 0 radical (unpaired) electrons. The minimum absolute atomic E-state index is 0.125. The number of rotatable bonds is 4. The topological polar surface area (TPSA) is 55.0 Å². The van der Waals surface area contributed by atoms with Crippen LogP contribution in [0.1, 0.15) is 10.7 Å². The van der Waals surface area contributed by atoms with E-state index in [0.717, 1.165) is 26.6 Å². The van der Waals surface area contributed by atoms with Gasteiger partial charge in [0.15, 0.2) is 0 Å². The first-order valence-electron chi connectivity index (χ1n) is 7.98. The highest BCUT2D eigenvalue weighted by atomic mass is 32.1. The number of ether oxygens (including phenoxy) is 1. The molecule has 0 amide bonds. The summed E-state index contributed by atoms with van der Waals surface area (Å²) in [6.45, 7) is 2.25. The molecule has 5 heteroatoms. The molecule has 0 spiro atoms. The van der Waals surface area contributed by atoms with Crippen LogP contribution in [-0.4, -0.2) is 9.97 Å². The summed E-state index contributed by atoms with van der Waals surface area (Å²) in [5.41, 5.74) is 1.87. The summed E-state index contributed by atoms with van der Waals surface area (Å²) >= 11 is 1.54. The predicted molar refractivity (Wildman–Crippen MR) is 101 cm³/mol. The van der Waals surface area contributed by atoms with E-state index in [1.54, 1.807) is 0 Å². The molecule has 2 heterocycles. The van der Waals surface area contributed by atoms with E-state index < -0.39 is 0 Å². The largest absolute Gasteiger partial charge is 0.486 e. The zero-order chi connectivity index (χ0) is 17.2. The normalized spacial score (nSPS) is 10.9. The smallest absolute Gasteiger partial charge is 0.260 e. The molecule has 2 aromatic heterocycles. The first-order valence-corrected chi connectivity index (χ1v) is 8.79. The van der Waals surface area contributed by atoms with Gasteiger partial charge in [-0.3, -0.25) is 4.79 Å². The number of nitrogens with zero attached hydrogens (tertiary/aromatic N) is 1. The predicted octanol–water partition coefficient (Wildman–Crippen LogP) is 4.54. The van der Waals surface area contributed by atoms with Crippen molar-refractivity contribution in [2.24, 2.45) is 0 Å². The lowest BCUT2D eigenvalue weighted by Crippen LogP contribution is -2.13. The molecule has 0 unspecified atom stereocenters. The van der Waals surface area contributed by atoms with E-state index >= 15 is 0 Å². The molecule has 0 aliphatic heterocycles. The van der Waals surface area contributed by atoms with Gasteiger partial charge in [0.1, 0.15) is 23.0 Å². The number of aromatic nitrogens is 2. The SMILES string of the molecule is Cc1sc2nc(COc3ccccc3)[nH]c(=O)c2c1-c1ccccc1. The van der Waals surface area contributed by atoms with Crippen LogP contribution in [0.15, 0.2) is 65.5 Å². The van der Waals surface area contributed by atoms with Crippen LogP contribution in [0.5, 0.6) is 5.75 Å². The van der Waals surface area contributed by atoms with Crippen LogP contribution in [0.3, 0.4) is 0 Å². The Morgan fingerprint density at radius 2 is 1.72 bits per heavy atom. The van der Waals surface area contributed by atoms with Crippen molar-refractivity contribution in [3.05, 3.63) is 81.7 Å². The van der Waals surface area contributed by atoms with Gasteiger partial charge in [-0.1, -0.05) is 48.5 Å². The molecule has 0 bridgehead atoms. The number of thiophene rings is 1. The Hall–Kier alpha value is -2.92. The molecule has 0 saturated heterocycles. The second-order valence-electron chi connectivity index (χ2n) is 5.69. The lowest BCUT2D eigenvalue weighted by atomic mass is 10.0. The lowest BCUT2D eigenvalue weighted by Gasteiger charge is -2.05. The minimum Gasteiger partial charge on any atom is -0.486 e. The van der Waals surface area contributed by atoms with Crippen LogP contribution in [-0.2, 0) is 6.61 Å². The third-order valence-corrected chi connectivity index (χ3v) is 4.97. The summed E-state index contributed by atoms with van der Waals surface area (Å²) in [4.78, 5) is 22.0. The van der Waals surface area contributed by atoms with Crippen molar-refractivity contribution in [1.82, 2.24) is 9.97 Å². The number of benzene rings is 2. The van der Waals surface area contributed by atoms with Crippen LogP contribution < -0.4 is 10.3 Å². The molecule has 0 aliphatic rings. The van der Waals surface area contributed by atoms with E-state index in [2.05, 4.69) is 9.97 Å². The first kappa shape index (κ1) is 15.6. The Bertz CT molecular complexity index is 1070. The fraction of sp³-hybridized carbons (Fsp3) is 0.100. The maximum absolute atomic E-state index is 12.7. The second kappa shape index (κ2) is 6.53. The molecule has 124 valence electrons. The van der Waals surface area contributed by atoms with Crippen molar-refractivity contribution >= 4 is 21.6 Å². The standard InChI is InChI=1S/C20H16N2O2S/c1-13-17(14-8-4-2-5-9-14)18-19(23)21-16(22-20(18)25-13)12-24-15-10-6-3-7-11-15/h2-11H,12H2,1H3,(H,21,22,23). The van der Waals surface area contributed by atoms with Gasteiger partial charge < -0.3 is 9.72 Å². The van der Waals surface area contributed by atoms with E-state index in [0.29, 0.717) is 11.2 Å². The van der Waals surface area contributed by atoms with Gasteiger partial charge >= 0.3 is 0 Å². The molecule has 0 fully saturated rings. The van der Waals surface area contributed by atoms with Crippen molar-refractivity contribution in [3.63, 3.8) is 0 Å². The summed E-state index contributed by atoms with van der Waals surface area (Å²) in [6.07, 6.45) is 0. The number of nitrogens with one attached hydrogen (secondary N) is 1. The van der Waals surface area contributed by atoms with Gasteiger partial charge in [-0.15, -0.1) is 11.3 Å². The average molecular weight is 348 g/mol. The average Bonchev–Trinajstić information content (AvgIpc) is 2.98. The second-order valence-corrected chi connectivity index (χ2v) is 6.90. The highest BCUT2D eigenvalue weighted by molar-refractivity contribution is 7.19. The summed E-state index contributed by atoms with van der Waals surface area (Å²) < 4.78 is 5.69. The monoisotopic (exact) mass is 348 g/mol. The van der Waals surface area contributed by atoms with Crippen molar-refractivity contribution < 1.29 is 4.74 Å². The number of hydrogen-bond acceptors (Lipinski definition) is 4. The van der Waals surface area contributed by atoms with Gasteiger partial charge in [0.2, 0.25) is 0 Å². The highest BCUT2D eigenvalue weighted by Crippen LogP contribution is 2.35. The van der Waals surface area contributed by atoms with E-state index in [9.17, 15) is 4.79 Å². The molecule has 1 N–H and O–H groups in total. The van der Waals surface area contributed by atoms with Crippen molar-refractivity contribution in [1.29, 1.82) is 0 Å². The van der Waals surface area contributed by atoms with Crippen LogP contribution >= 0.6 is 11.3 Å². The number of H-pyrrole nitrogens is 1. The molecule has 4 aromatic rings. The van der Waals surface area contributed by atoms with Gasteiger partial charge in [0, 0.05) is 10.4 Å². The third kappa shape index (κ3) is 3.06. The number of aromatic amines is 1. The fourth-order valence-corrected chi connectivity index (χ4v) is 3.92. The van der Waals surface area contributed by atoms with Gasteiger partial charge in [0.05, 0.1) is 5.39 Å². The molecular formula is C20H16N2O2S. The Kier molecular flexibility index (Phi) is 4.07. The van der Waals surface area contributed by atoms with Gasteiger partial charge in [-0.2, -0.15) is 0 Å². The fourth-order valence-electron chi connectivity index (χ4n) is 2.85. The summed E-state index contributed by atoms with van der Waals surface area (Å²) in [7, 11) is 0. The molecule has 0 atom stereocenters. The van der Waals surface area contributed by atoms with Crippen molar-refractivity contribution in [3.8, 4) is 16.9 Å². The van der Waals surface area contributed by atoms with E-state index in [4.69, 9.17) is 4.74 Å². The van der Waals surface area contributed by atoms with Crippen LogP contribution in [0.4, 0.5) is 0 Å². The molecule has 4 nitrogen and oxygen atoms in total. The molecular weight excluding hydrogens is 332 g/mol. The molecule has 25 heavy (non-hydrogen) atoms. The molecule has 2 aromatic carbocycles. The van der Waals surface area contributed by atoms with E-state index in [1.165, 1.54) is 11.3 Å². The van der Waals surface area contributed by atoms with Crippen LogP contribution in [0.2, 0.25) is 0 Å². The number of hydrogen-bond donors (Lipinski definition) is 1. The van der Waals surface area contributed by atoms with Crippen LogP contribution in [0, 0.1) is 6.92 Å². The lowest BCUT2D eigenvalue weighted by molar-refractivity contribution is 0.296. The molecule has 0 saturated carbocycles. The first-order chi connectivity index (χ1) is 12.2. The van der Waals surface area contributed by atoms with Gasteiger partial charge in [-0.25, -0.2) is 4.98 Å². The zero-order valence-corrected chi connectivity index (χ0v) is 14.5. The molecule has 4 rings (SSSR count). The van der Waals surface area contributed by atoms with Gasteiger partial charge in [0.25, 0.3) is 5.56 Å². The van der Waals surface area contributed by atoms with E-state index in [1.807, 2.05) is 67.6 Å². The Morgan fingerprint density at radius 3 is 2.44 bits per heavy atom. The Morgan fingerprint density at radius 1 is 1.04 bits per heavy atom. The van der Waals surface area contributed by atoms with Crippen molar-refractivity contribution in [2.75, 3.05) is 0 Å². The minimum atomic E-state index is -0.125. The summed E-state index contributed by atoms with van der Waals surface area (Å²) in [5.74, 6) is 1.28. The Balaban J connectivity index is 1.73. The molecule has 0 aliphatic carbocycles. The number of fused-ring (bicyclic) bond motifs is 1. The summed E-state index contributed by atoms with van der Waals surface area (Å²) in [6, 6.07) is 19.4. The summed E-state index contributed by atoms with van der Waals surface area (Å²) in [5, 5.41) is 0.650. The quantitative estimate of drug-likeness (QED) is 0.589. The third-order valence-electron chi connectivity index (χ3n) is 3.97. The Labute approximate surface area is 148 Å². The number of aryl methyl sites for hydroxylation is 1. The van der Waals surface area contributed by atoms with Gasteiger partial charge in [-0.05, 0) is 24.6 Å². The number of para-hydroxylation sites is 1. The highest BCUT2D eigenvalue weighted by Gasteiger charge is 2.16. The van der Waals surface area contributed by atoms with Crippen molar-refractivity contribution in [2.45, 2.75) is 13.5 Å². The van der Waals surface area contributed by atoms with E-state index in [-0.39, 0.29) is 12.2 Å². The maximum Gasteiger partial charge on any atom is 0.260 e.